The number of rotatable bonds is 2. The molecule has 1 aliphatic rings. The number of benzene rings is 3. The van der Waals surface area contributed by atoms with E-state index in [-0.39, 0.29) is 11.8 Å². The van der Waals surface area contributed by atoms with E-state index in [9.17, 15) is 5.26 Å². The van der Waals surface area contributed by atoms with Crippen molar-refractivity contribution in [1.29, 1.82) is 5.26 Å². The molecule has 1 atom stereocenters. The van der Waals surface area contributed by atoms with E-state index in [0.717, 1.165) is 27.6 Å². The van der Waals surface area contributed by atoms with Crippen LogP contribution in [0.3, 0.4) is 0 Å². The van der Waals surface area contributed by atoms with Crippen molar-refractivity contribution in [2.45, 2.75) is 5.92 Å². The maximum Gasteiger partial charge on any atom is 0.205 e. The Hall–Kier alpha value is -3.45. The highest BCUT2D eigenvalue weighted by molar-refractivity contribution is 5.87. The van der Waals surface area contributed by atoms with Gasteiger partial charge < -0.3 is 15.4 Å². The first-order chi connectivity index (χ1) is 12.6. The molecule has 0 saturated carbocycles. The normalized spacial score (nSPS) is 16.0. The summed E-state index contributed by atoms with van der Waals surface area (Å²) in [5.74, 6) is 0.630. The lowest BCUT2D eigenvalue weighted by Crippen LogP contribution is -2.21. The van der Waals surface area contributed by atoms with E-state index in [4.69, 9.17) is 10.5 Å². The summed E-state index contributed by atoms with van der Waals surface area (Å²) in [5, 5.41) is 12.0. The molecular formula is C22H19N3O. The average molecular weight is 341 g/mol. The van der Waals surface area contributed by atoms with Crippen molar-refractivity contribution >= 4 is 16.5 Å². The van der Waals surface area contributed by atoms with Crippen molar-refractivity contribution in [2.75, 3.05) is 19.0 Å². The van der Waals surface area contributed by atoms with Crippen LogP contribution < -0.4 is 15.4 Å². The zero-order chi connectivity index (χ0) is 18.3. The molecule has 4 nitrogen and oxygen atoms in total. The molecule has 0 amide bonds. The van der Waals surface area contributed by atoms with Crippen molar-refractivity contribution in [3.63, 3.8) is 0 Å². The number of fused-ring (bicyclic) bond motifs is 2. The maximum absolute atomic E-state index is 9.76. The number of nitriles is 1. The second kappa shape index (κ2) is 6.12. The highest BCUT2D eigenvalue weighted by Gasteiger charge is 2.31. The van der Waals surface area contributed by atoms with Gasteiger partial charge in [0.05, 0.1) is 5.92 Å². The highest BCUT2D eigenvalue weighted by atomic mass is 16.5. The number of ether oxygens (including phenoxy) is 1. The monoisotopic (exact) mass is 341 g/mol. The van der Waals surface area contributed by atoms with E-state index in [1.165, 1.54) is 0 Å². The van der Waals surface area contributed by atoms with Gasteiger partial charge in [-0.1, -0.05) is 48.5 Å². The largest absolute Gasteiger partial charge is 0.440 e. The van der Waals surface area contributed by atoms with Crippen molar-refractivity contribution in [2.24, 2.45) is 5.73 Å². The molecular weight excluding hydrogens is 322 g/mol. The quantitative estimate of drug-likeness (QED) is 0.761. The van der Waals surface area contributed by atoms with Crippen LogP contribution in [0.2, 0.25) is 0 Å². The van der Waals surface area contributed by atoms with Crippen LogP contribution in [0.1, 0.15) is 17.0 Å². The minimum absolute atomic E-state index is 0.175. The van der Waals surface area contributed by atoms with Gasteiger partial charge in [-0.25, -0.2) is 0 Å². The Kier molecular flexibility index (Phi) is 3.78. The number of anilines is 1. The van der Waals surface area contributed by atoms with Gasteiger partial charge >= 0.3 is 0 Å². The topological polar surface area (TPSA) is 62.3 Å². The van der Waals surface area contributed by atoms with Crippen molar-refractivity contribution in [3.8, 4) is 11.8 Å². The third-order valence-corrected chi connectivity index (χ3v) is 4.85. The minimum Gasteiger partial charge on any atom is -0.440 e. The van der Waals surface area contributed by atoms with Crippen molar-refractivity contribution in [3.05, 3.63) is 83.2 Å². The van der Waals surface area contributed by atoms with E-state index in [0.29, 0.717) is 11.3 Å². The van der Waals surface area contributed by atoms with Crippen LogP contribution in [0.25, 0.3) is 10.8 Å². The Labute approximate surface area is 152 Å². The molecule has 1 heterocycles. The molecule has 4 rings (SSSR count). The summed E-state index contributed by atoms with van der Waals surface area (Å²) < 4.78 is 5.80. The maximum atomic E-state index is 9.76. The third kappa shape index (κ3) is 2.46. The summed E-state index contributed by atoms with van der Waals surface area (Å²) in [7, 11) is 3.96. The lowest BCUT2D eigenvalue weighted by Gasteiger charge is -2.28. The van der Waals surface area contributed by atoms with Gasteiger partial charge in [-0.05, 0) is 22.4 Å². The molecule has 0 bridgehead atoms. The fourth-order valence-corrected chi connectivity index (χ4v) is 3.54. The van der Waals surface area contributed by atoms with E-state index in [2.05, 4.69) is 30.3 Å². The molecule has 0 saturated heterocycles. The second-order valence-corrected chi connectivity index (χ2v) is 6.61. The molecule has 1 aliphatic heterocycles. The van der Waals surface area contributed by atoms with Crippen LogP contribution in [-0.2, 0) is 0 Å². The molecule has 26 heavy (non-hydrogen) atoms. The molecule has 0 aliphatic carbocycles. The smallest absolute Gasteiger partial charge is 0.205 e. The van der Waals surface area contributed by atoms with Gasteiger partial charge in [0.1, 0.15) is 17.4 Å². The molecule has 2 N–H and O–H groups in total. The molecule has 0 aromatic heterocycles. The lowest BCUT2D eigenvalue weighted by atomic mass is 9.81. The minimum atomic E-state index is -0.244. The van der Waals surface area contributed by atoms with Crippen LogP contribution in [0, 0.1) is 11.3 Å². The zero-order valence-electron chi connectivity index (χ0n) is 14.7. The predicted molar refractivity (Wildman–Crippen MR) is 104 cm³/mol. The Bertz CT molecular complexity index is 1070. The van der Waals surface area contributed by atoms with Crippen LogP contribution in [0.5, 0.6) is 5.75 Å². The molecule has 1 unspecified atom stereocenters. The van der Waals surface area contributed by atoms with Crippen molar-refractivity contribution in [1.82, 2.24) is 0 Å². The highest BCUT2D eigenvalue weighted by Crippen LogP contribution is 2.45. The van der Waals surface area contributed by atoms with E-state index >= 15 is 0 Å². The molecule has 0 radical (unpaired) electrons. The van der Waals surface area contributed by atoms with Gasteiger partial charge in [0.25, 0.3) is 0 Å². The van der Waals surface area contributed by atoms with Crippen LogP contribution >= 0.6 is 0 Å². The number of allylic oxidation sites excluding steroid dienone is 1. The molecule has 0 fully saturated rings. The Morgan fingerprint density at radius 1 is 1.00 bits per heavy atom. The summed E-state index contributed by atoms with van der Waals surface area (Å²) in [6, 6.07) is 22.6. The van der Waals surface area contributed by atoms with E-state index in [1.54, 1.807) is 0 Å². The first kappa shape index (κ1) is 16.0. The molecule has 4 heteroatoms. The summed E-state index contributed by atoms with van der Waals surface area (Å²) in [5.41, 5.74) is 9.61. The zero-order valence-corrected chi connectivity index (χ0v) is 14.7. The molecule has 3 aromatic rings. The average Bonchev–Trinajstić information content (AvgIpc) is 2.66. The summed E-state index contributed by atoms with van der Waals surface area (Å²) in [4.78, 5) is 2.01. The summed E-state index contributed by atoms with van der Waals surface area (Å²) >= 11 is 0. The number of hydrogen-bond donors (Lipinski definition) is 1. The Morgan fingerprint density at radius 3 is 2.54 bits per heavy atom. The third-order valence-electron chi connectivity index (χ3n) is 4.85. The second-order valence-electron chi connectivity index (χ2n) is 6.61. The summed E-state index contributed by atoms with van der Waals surface area (Å²) in [6.07, 6.45) is 0. The van der Waals surface area contributed by atoms with Gasteiger partial charge in [-0.3, -0.25) is 0 Å². The van der Waals surface area contributed by atoms with Gasteiger partial charge in [0.2, 0.25) is 5.88 Å². The van der Waals surface area contributed by atoms with Gasteiger partial charge in [-0.2, -0.15) is 5.26 Å². The molecule has 3 aromatic carbocycles. The van der Waals surface area contributed by atoms with Gasteiger partial charge in [0.15, 0.2) is 0 Å². The molecule has 0 spiro atoms. The van der Waals surface area contributed by atoms with E-state index in [1.807, 2.05) is 55.4 Å². The van der Waals surface area contributed by atoms with E-state index < -0.39 is 0 Å². The Morgan fingerprint density at radius 2 is 1.77 bits per heavy atom. The van der Waals surface area contributed by atoms with Gasteiger partial charge in [-0.15, -0.1) is 0 Å². The van der Waals surface area contributed by atoms with Crippen LogP contribution in [-0.4, -0.2) is 14.1 Å². The Balaban J connectivity index is 1.99. The fraction of sp³-hybridized carbons (Fsp3) is 0.136. The van der Waals surface area contributed by atoms with Crippen molar-refractivity contribution < 1.29 is 4.74 Å². The first-order valence-corrected chi connectivity index (χ1v) is 8.46. The fourth-order valence-electron chi connectivity index (χ4n) is 3.54. The standard InChI is InChI=1S/C22H19N3O/c1-25(2)15-10-11-18-20(12-15)26-22(24)19(13-23)21(18)17-9-5-7-14-6-3-4-8-16(14)17/h3-12,21H,24H2,1-2H3. The number of nitrogens with zero attached hydrogens (tertiary/aromatic N) is 2. The SMILES string of the molecule is CN(C)c1ccc2c(c1)OC(N)=C(C#N)C2c1cccc2ccccc12. The lowest BCUT2D eigenvalue weighted by molar-refractivity contribution is 0.394. The first-order valence-electron chi connectivity index (χ1n) is 8.46. The predicted octanol–water partition coefficient (Wildman–Crippen LogP) is 4.12. The number of nitrogens with two attached hydrogens (primary N) is 1. The van der Waals surface area contributed by atoms with Crippen LogP contribution in [0.15, 0.2) is 72.1 Å². The summed E-state index contributed by atoms with van der Waals surface area (Å²) in [6.45, 7) is 0. The molecule has 128 valence electrons. The number of hydrogen-bond acceptors (Lipinski definition) is 4. The van der Waals surface area contributed by atoms with Crippen LogP contribution in [0.4, 0.5) is 5.69 Å². The van der Waals surface area contributed by atoms with Gasteiger partial charge in [0, 0.05) is 31.4 Å².